The van der Waals surface area contributed by atoms with Crippen LogP contribution in [0.5, 0.6) is 0 Å². The average Bonchev–Trinajstić information content (AvgIpc) is 2.84. The highest BCUT2D eigenvalue weighted by Crippen LogP contribution is 2.33. The first-order valence-electron chi connectivity index (χ1n) is 11.6. The Balaban J connectivity index is 1.23. The monoisotopic (exact) mass is 435 g/mol. The molecule has 2 fully saturated rings. The maximum Gasteiger partial charge on any atom is 0.256 e. The van der Waals surface area contributed by atoms with Crippen molar-refractivity contribution in [1.29, 1.82) is 0 Å². The zero-order valence-corrected chi connectivity index (χ0v) is 18.4. The van der Waals surface area contributed by atoms with Gasteiger partial charge < -0.3 is 14.5 Å². The van der Waals surface area contributed by atoms with E-state index >= 15 is 4.39 Å². The molecular weight excluding hydrogens is 405 g/mol. The minimum Gasteiger partial charge on any atom is -0.377 e. The molecule has 1 atom stereocenters. The van der Waals surface area contributed by atoms with E-state index in [0.29, 0.717) is 25.7 Å². The number of rotatable bonds is 4. The highest BCUT2D eigenvalue weighted by Gasteiger charge is 2.27. The molecule has 2 saturated heterocycles. The van der Waals surface area contributed by atoms with Gasteiger partial charge in [0.05, 0.1) is 11.7 Å². The summed E-state index contributed by atoms with van der Waals surface area (Å²) in [5.41, 5.74) is 3.06. The molecule has 5 nitrogen and oxygen atoms in total. The van der Waals surface area contributed by atoms with Crippen molar-refractivity contribution in [1.82, 2.24) is 9.80 Å². The van der Waals surface area contributed by atoms with Gasteiger partial charge >= 0.3 is 0 Å². The van der Waals surface area contributed by atoms with Crippen LogP contribution in [0.1, 0.15) is 35.2 Å². The number of hydrogen-bond acceptors (Lipinski definition) is 4. The van der Waals surface area contributed by atoms with Crippen molar-refractivity contribution in [3.05, 3.63) is 65.5 Å². The molecule has 3 aliphatic heterocycles. The first-order chi connectivity index (χ1) is 15.7. The van der Waals surface area contributed by atoms with Crippen molar-refractivity contribution < 1.29 is 13.9 Å². The van der Waals surface area contributed by atoms with Crippen LogP contribution >= 0.6 is 0 Å². The maximum absolute atomic E-state index is 15.1. The van der Waals surface area contributed by atoms with Gasteiger partial charge in [0, 0.05) is 57.3 Å². The molecule has 6 heteroatoms. The fraction of sp³-hybridized carbons (Fsp3) is 0.423. The molecule has 0 saturated carbocycles. The summed E-state index contributed by atoms with van der Waals surface area (Å²) in [7, 11) is 0. The molecule has 0 aliphatic carbocycles. The predicted octanol–water partition coefficient (Wildman–Crippen LogP) is 4.32. The van der Waals surface area contributed by atoms with Crippen molar-refractivity contribution in [3.63, 3.8) is 0 Å². The number of benzene rings is 2. The van der Waals surface area contributed by atoms with Crippen LogP contribution in [0.15, 0.2) is 48.5 Å². The number of piperazine rings is 1. The Morgan fingerprint density at radius 1 is 1.06 bits per heavy atom. The lowest BCUT2D eigenvalue weighted by molar-refractivity contribution is -0.0130. The summed E-state index contributed by atoms with van der Waals surface area (Å²) in [5, 5.41) is 0. The summed E-state index contributed by atoms with van der Waals surface area (Å²) >= 11 is 0. The number of halogens is 1. The third kappa shape index (κ3) is 4.43. The minimum atomic E-state index is -0.461. The van der Waals surface area contributed by atoms with Crippen LogP contribution in [0, 0.1) is 5.82 Å². The Labute approximate surface area is 189 Å². The lowest BCUT2D eigenvalue weighted by Crippen LogP contribution is -2.51. The summed E-state index contributed by atoms with van der Waals surface area (Å²) in [6.45, 7) is 5.32. The summed E-state index contributed by atoms with van der Waals surface area (Å²) in [6, 6.07) is 13.0. The number of hydrogen-bond donors (Lipinski definition) is 0. The zero-order chi connectivity index (χ0) is 21.9. The molecule has 0 spiro atoms. The number of carbonyl (C=O) groups is 1. The van der Waals surface area contributed by atoms with Crippen LogP contribution in [0.25, 0.3) is 6.08 Å². The number of fused-ring (bicyclic) bond motifs is 1. The molecule has 1 unspecified atom stereocenters. The van der Waals surface area contributed by atoms with Crippen molar-refractivity contribution in [2.24, 2.45) is 0 Å². The molecule has 168 valence electrons. The van der Waals surface area contributed by atoms with Gasteiger partial charge in [0.25, 0.3) is 5.91 Å². The summed E-state index contributed by atoms with van der Waals surface area (Å²) in [4.78, 5) is 19.2. The Morgan fingerprint density at radius 3 is 2.69 bits per heavy atom. The van der Waals surface area contributed by atoms with E-state index in [0.717, 1.165) is 56.0 Å². The number of para-hydroxylation sites is 1. The van der Waals surface area contributed by atoms with E-state index in [1.165, 1.54) is 12.5 Å². The molecule has 2 aromatic rings. The number of nitrogens with zero attached hydrogens (tertiary/aromatic N) is 3. The second-order valence-electron chi connectivity index (χ2n) is 8.82. The van der Waals surface area contributed by atoms with E-state index in [-0.39, 0.29) is 11.5 Å². The molecule has 2 aromatic carbocycles. The first kappa shape index (κ1) is 21.2. The average molecular weight is 436 g/mol. The van der Waals surface area contributed by atoms with Crippen LogP contribution in [-0.2, 0) is 4.74 Å². The van der Waals surface area contributed by atoms with E-state index < -0.39 is 5.82 Å². The van der Waals surface area contributed by atoms with Gasteiger partial charge in [-0.3, -0.25) is 9.69 Å². The molecule has 5 rings (SSSR count). The van der Waals surface area contributed by atoms with Crippen LogP contribution < -0.4 is 4.90 Å². The third-order valence-electron chi connectivity index (χ3n) is 6.70. The van der Waals surface area contributed by atoms with Crippen molar-refractivity contribution in [2.75, 3.05) is 50.8 Å². The van der Waals surface area contributed by atoms with Crippen molar-refractivity contribution in [2.45, 2.75) is 25.4 Å². The molecule has 3 heterocycles. The topological polar surface area (TPSA) is 36.0 Å². The fourth-order valence-electron chi connectivity index (χ4n) is 4.89. The second-order valence-corrected chi connectivity index (χ2v) is 8.82. The molecule has 0 bridgehead atoms. The van der Waals surface area contributed by atoms with Crippen LogP contribution in [0.2, 0.25) is 0 Å². The number of anilines is 2. The quantitative estimate of drug-likeness (QED) is 0.717. The zero-order valence-electron chi connectivity index (χ0n) is 18.4. The van der Waals surface area contributed by atoms with Crippen molar-refractivity contribution in [3.8, 4) is 0 Å². The lowest BCUT2D eigenvalue weighted by atomic mass is 10.1. The predicted molar refractivity (Wildman–Crippen MR) is 125 cm³/mol. The van der Waals surface area contributed by atoms with E-state index in [1.54, 1.807) is 11.0 Å². The Kier molecular flexibility index (Phi) is 6.23. The Morgan fingerprint density at radius 2 is 1.91 bits per heavy atom. The minimum absolute atomic E-state index is 0.152. The van der Waals surface area contributed by atoms with Gasteiger partial charge in [-0.05, 0) is 49.1 Å². The second kappa shape index (κ2) is 9.43. The van der Waals surface area contributed by atoms with E-state index in [1.807, 2.05) is 30.3 Å². The van der Waals surface area contributed by atoms with E-state index in [2.05, 4.69) is 22.0 Å². The third-order valence-corrected chi connectivity index (χ3v) is 6.70. The number of ether oxygens (including phenoxy) is 1. The lowest BCUT2D eigenvalue weighted by Gasteiger charge is -2.37. The SMILES string of the molecule is O=C(c1ccc(N2CC=Cc3ccccc32)cc1F)N1CCN(CC2CCCCO2)CC1. The van der Waals surface area contributed by atoms with Gasteiger partial charge in [-0.1, -0.05) is 30.4 Å². The van der Waals surface area contributed by atoms with Gasteiger partial charge in [-0.2, -0.15) is 0 Å². The number of amides is 1. The molecule has 32 heavy (non-hydrogen) atoms. The van der Waals surface area contributed by atoms with E-state index in [4.69, 9.17) is 4.74 Å². The molecule has 0 radical (unpaired) electrons. The molecule has 1 amide bonds. The van der Waals surface area contributed by atoms with Gasteiger partial charge in [-0.25, -0.2) is 4.39 Å². The summed E-state index contributed by atoms with van der Waals surface area (Å²) in [5.74, 6) is -0.681. The van der Waals surface area contributed by atoms with Gasteiger partial charge in [0.1, 0.15) is 5.82 Å². The molecule has 3 aliphatic rings. The summed E-state index contributed by atoms with van der Waals surface area (Å²) in [6.07, 6.45) is 7.97. The van der Waals surface area contributed by atoms with Crippen molar-refractivity contribution >= 4 is 23.4 Å². The van der Waals surface area contributed by atoms with Gasteiger partial charge in [0.15, 0.2) is 0 Å². The molecular formula is C26H30FN3O2. The fourth-order valence-corrected chi connectivity index (χ4v) is 4.89. The Hall–Kier alpha value is -2.70. The largest absolute Gasteiger partial charge is 0.377 e. The summed E-state index contributed by atoms with van der Waals surface area (Å²) < 4.78 is 20.9. The van der Waals surface area contributed by atoms with E-state index in [9.17, 15) is 4.79 Å². The van der Waals surface area contributed by atoms with Gasteiger partial charge in [0.2, 0.25) is 0 Å². The maximum atomic E-state index is 15.1. The first-order valence-corrected chi connectivity index (χ1v) is 11.6. The highest BCUT2D eigenvalue weighted by molar-refractivity contribution is 5.95. The highest BCUT2D eigenvalue weighted by atomic mass is 19.1. The number of carbonyl (C=O) groups excluding carboxylic acids is 1. The van der Waals surface area contributed by atoms with Gasteiger partial charge in [-0.15, -0.1) is 0 Å². The van der Waals surface area contributed by atoms with Crippen LogP contribution in [-0.4, -0.2) is 67.7 Å². The normalized spacial score (nSPS) is 21.5. The van der Waals surface area contributed by atoms with Crippen LogP contribution in [0.3, 0.4) is 0 Å². The molecule has 0 aromatic heterocycles. The standard InChI is InChI=1S/C26H30FN3O2/c27-24-18-21(30-12-5-7-20-6-1-2-9-25(20)30)10-11-23(24)26(31)29-15-13-28(14-16-29)19-22-8-3-4-17-32-22/h1-2,5-7,9-11,18,22H,3-4,8,12-17,19H2. The smallest absolute Gasteiger partial charge is 0.256 e. The molecule has 0 N–H and O–H groups in total. The Bertz CT molecular complexity index is 994. The van der Waals surface area contributed by atoms with Crippen LogP contribution in [0.4, 0.5) is 15.8 Å².